The minimum atomic E-state index is -0.456. The molecular formula is C20H19NO4. The number of aryl methyl sites for hydroxylation is 1. The van der Waals surface area contributed by atoms with Crippen molar-refractivity contribution in [2.75, 3.05) is 11.9 Å². The summed E-state index contributed by atoms with van der Waals surface area (Å²) in [6.07, 6.45) is 1.76. The van der Waals surface area contributed by atoms with E-state index in [1.165, 1.54) is 0 Å². The molecule has 0 aliphatic carbocycles. The summed E-state index contributed by atoms with van der Waals surface area (Å²) in [5.41, 5.74) is 3.44. The van der Waals surface area contributed by atoms with Crippen LogP contribution in [0.4, 0.5) is 5.69 Å². The van der Waals surface area contributed by atoms with E-state index in [1.807, 2.05) is 25.1 Å². The fourth-order valence-electron chi connectivity index (χ4n) is 2.67. The number of ether oxygens (including phenoxy) is 1. The summed E-state index contributed by atoms with van der Waals surface area (Å²) in [4.78, 5) is 24.4. The van der Waals surface area contributed by atoms with Gasteiger partial charge in [-0.2, -0.15) is 0 Å². The third-order valence-corrected chi connectivity index (χ3v) is 3.86. The van der Waals surface area contributed by atoms with Crippen molar-refractivity contribution >= 4 is 28.5 Å². The van der Waals surface area contributed by atoms with Crippen LogP contribution in [0.2, 0.25) is 0 Å². The van der Waals surface area contributed by atoms with Gasteiger partial charge in [0.1, 0.15) is 5.58 Å². The number of hydrogen-bond donors (Lipinski definition) is 1. The van der Waals surface area contributed by atoms with E-state index in [0.717, 1.165) is 22.1 Å². The van der Waals surface area contributed by atoms with Gasteiger partial charge in [0.25, 0.3) is 0 Å². The molecule has 1 amide bonds. The summed E-state index contributed by atoms with van der Waals surface area (Å²) in [6, 6.07) is 12.7. The van der Waals surface area contributed by atoms with Gasteiger partial charge >= 0.3 is 5.97 Å². The number of para-hydroxylation sites is 1. The van der Waals surface area contributed by atoms with Gasteiger partial charge in [-0.3, -0.25) is 4.79 Å². The molecule has 0 bridgehead atoms. The number of anilines is 1. The lowest BCUT2D eigenvalue weighted by Crippen LogP contribution is -2.17. The molecule has 0 unspecified atom stereocenters. The molecule has 0 spiro atoms. The molecule has 1 N–H and O–H groups in total. The van der Waals surface area contributed by atoms with Crippen LogP contribution in [0.3, 0.4) is 0 Å². The van der Waals surface area contributed by atoms with Crippen molar-refractivity contribution in [3.63, 3.8) is 0 Å². The zero-order valence-corrected chi connectivity index (χ0v) is 14.2. The minimum Gasteiger partial charge on any atom is -0.464 e. The van der Waals surface area contributed by atoms with Crippen LogP contribution in [-0.4, -0.2) is 18.5 Å². The maximum absolute atomic E-state index is 12.4. The number of amides is 1. The van der Waals surface area contributed by atoms with Crippen molar-refractivity contribution in [1.29, 1.82) is 0 Å². The Bertz CT molecular complexity index is 926. The van der Waals surface area contributed by atoms with Gasteiger partial charge in [-0.05, 0) is 37.6 Å². The normalized spacial score (nSPS) is 10.6. The first-order valence-corrected chi connectivity index (χ1v) is 8.11. The second kappa shape index (κ2) is 7.21. The third-order valence-electron chi connectivity index (χ3n) is 3.86. The molecule has 5 nitrogen and oxygen atoms in total. The highest BCUT2D eigenvalue weighted by Gasteiger charge is 2.15. The smallest absolute Gasteiger partial charge is 0.340 e. The standard InChI is InChI=1S/C20H19NO4/c1-3-24-20(23)16-6-4-5-7-17(16)21-19(22)11-14-12-25-18-10-13(2)8-9-15(14)18/h4-10,12H,3,11H2,1-2H3,(H,21,22). The zero-order chi connectivity index (χ0) is 17.8. The Morgan fingerprint density at radius 2 is 1.96 bits per heavy atom. The Morgan fingerprint density at radius 3 is 2.76 bits per heavy atom. The molecule has 1 heterocycles. The Hall–Kier alpha value is -3.08. The minimum absolute atomic E-state index is 0.160. The highest BCUT2D eigenvalue weighted by atomic mass is 16.5. The molecule has 2 aromatic carbocycles. The molecule has 0 saturated heterocycles. The van der Waals surface area contributed by atoms with Crippen LogP contribution in [0.25, 0.3) is 11.0 Å². The van der Waals surface area contributed by atoms with Gasteiger partial charge < -0.3 is 14.5 Å². The molecule has 25 heavy (non-hydrogen) atoms. The van der Waals surface area contributed by atoms with Crippen molar-refractivity contribution in [2.24, 2.45) is 0 Å². The predicted octanol–water partition coefficient (Wildman–Crippen LogP) is 4.10. The lowest BCUT2D eigenvalue weighted by Gasteiger charge is -2.10. The number of carbonyl (C=O) groups excluding carboxylic acids is 2. The second-order valence-electron chi connectivity index (χ2n) is 5.75. The average molecular weight is 337 g/mol. The molecule has 0 aliphatic rings. The van der Waals surface area contributed by atoms with E-state index in [0.29, 0.717) is 11.3 Å². The lowest BCUT2D eigenvalue weighted by atomic mass is 10.1. The molecule has 128 valence electrons. The maximum atomic E-state index is 12.4. The third kappa shape index (κ3) is 3.71. The summed E-state index contributed by atoms with van der Waals surface area (Å²) in [5.74, 6) is -0.678. The predicted molar refractivity (Wildman–Crippen MR) is 95.7 cm³/mol. The van der Waals surface area contributed by atoms with Gasteiger partial charge in [0.05, 0.1) is 30.5 Å². The number of fused-ring (bicyclic) bond motifs is 1. The number of furan rings is 1. The van der Waals surface area contributed by atoms with Gasteiger partial charge in [0.2, 0.25) is 5.91 Å². The highest BCUT2D eigenvalue weighted by molar-refractivity contribution is 6.02. The summed E-state index contributed by atoms with van der Waals surface area (Å²) >= 11 is 0. The first-order valence-electron chi connectivity index (χ1n) is 8.11. The van der Waals surface area contributed by atoms with Crippen LogP contribution >= 0.6 is 0 Å². The van der Waals surface area contributed by atoms with E-state index in [1.54, 1.807) is 37.5 Å². The van der Waals surface area contributed by atoms with Crippen molar-refractivity contribution < 1.29 is 18.7 Å². The van der Waals surface area contributed by atoms with Crippen molar-refractivity contribution in [3.05, 3.63) is 65.4 Å². The quantitative estimate of drug-likeness (QED) is 0.712. The molecule has 0 fully saturated rings. The number of rotatable bonds is 5. The maximum Gasteiger partial charge on any atom is 0.340 e. The van der Waals surface area contributed by atoms with Crippen LogP contribution in [0.1, 0.15) is 28.4 Å². The second-order valence-corrected chi connectivity index (χ2v) is 5.75. The summed E-state index contributed by atoms with van der Waals surface area (Å²) in [5, 5.41) is 3.70. The van der Waals surface area contributed by atoms with Crippen LogP contribution in [-0.2, 0) is 16.0 Å². The van der Waals surface area contributed by atoms with E-state index >= 15 is 0 Å². The molecule has 3 rings (SSSR count). The van der Waals surface area contributed by atoms with Crippen LogP contribution < -0.4 is 5.32 Å². The lowest BCUT2D eigenvalue weighted by molar-refractivity contribution is -0.115. The molecule has 0 atom stereocenters. The van der Waals surface area contributed by atoms with Gasteiger partial charge in [-0.1, -0.05) is 24.3 Å². The topological polar surface area (TPSA) is 68.5 Å². The van der Waals surface area contributed by atoms with Crippen molar-refractivity contribution in [2.45, 2.75) is 20.3 Å². The first-order chi connectivity index (χ1) is 12.1. The zero-order valence-electron chi connectivity index (χ0n) is 14.2. The number of esters is 1. The fraction of sp³-hybridized carbons (Fsp3) is 0.200. The molecule has 1 aromatic heterocycles. The molecule has 5 heteroatoms. The van der Waals surface area contributed by atoms with E-state index in [4.69, 9.17) is 9.15 Å². The molecule has 0 saturated carbocycles. The van der Waals surface area contributed by atoms with Gasteiger partial charge in [-0.15, -0.1) is 0 Å². The number of hydrogen-bond acceptors (Lipinski definition) is 4. The van der Waals surface area contributed by atoms with Crippen molar-refractivity contribution in [3.8, 4) is 0 Å². The van der Waals surface area contributed by atoms with E-state index in [2.05, 4.69) is 5.32 Å². The van der Waals surface area contributed by atoms with E-state index in [9.17, 15) is 9.59 Å². The van der Waals surface area contributed by atoms with Crippen molar-refractivity contribution in [1.82, 2.24) is 0 Å². The number of nitrogens with one attached hydrogen (secondary N) is 1. The monoisotopic (exact) mass is 337 g/mol. The Balaban J connectivity index is 1.78. The molecular weight excluding hydrogens is 318 g/mol. The summed E-state index contributed by atoms with van der Waals surface area (Å²) < 4.78 is 10.5. The van der Waals surface area contributed by atoms with Gasteiger partial charge in [0, 0.05) is 10.9 Å². The van der Waals surface area contributed by atoms with Gasteiger partial charge in [-0.25, -0.2) is 4.79 Å². The summed E-state index contributed by atoms with van der Waals surface area (Å²) in [6.45, 7) is 4.01. The molecule has 0 aliphatic heterocycles. The van der Waals surface area contributed by atoms with Crippen LogP contribution in [0, 0.1) is 6.92 Å². The Morgan fingerprint density at radius 1 is 1.16 bits per heavy atom. The van der Waals surface area contributed by atoms with E-state index < -0.39 is 5.97 Å². The van der Waals surface area contributed by atoms with E-state index in [-0.39, 0.29) is 18.9 Å². The van der Waals surface area contributed by atoms with Gasteiger partial charge in [0.15, 0.2) is 0 Å². The number of carbonyl (C=O) groups is 2. The van der Waals surface area contributed by atoms with Crippen LogP contribution in [0.5, 0.6) is 0 Å². The Labute approximate surface area is 145 Å². The highest BCUT2D eigenvalue weighted by Crippen LogP contribution is 2.23. The first kappa shape index (κ1) is 16.8. The van der Waals surface area contributed by atoms with Crippen LogP contribution in [0.15, 0.2) is 53.1 Å². The molecule has 3 aromatic rings. The average Bonchev–Trinajstić information content (AvgIpc) is 2.97. The summed E-state index contributed by atoms with van der Waals surface area (Å²) in [7, 11) is 0. The number of benzene rings is 2. The fourth-order valence-corrected chi connectivity index (χ4v) is 2.67. The molecule has 0 radical (unpaired) electrons. The largest absolute Gasteiger partial charge is 0.464 e. The Kier molecular flexibility index (Phi) is 4.84. The SMILES string of the molecule is CCOC(=O)c1ccccc1NC(=O)Cc1coc2cc(C)ccc12.